The van der Waals surface area contributed by atoms with Crippen LogP contribution >= 0.6 is 0 Å². The predicted octanol–water partition coefficient (Wildman–Crippen LogP) is -5.44. The predicted molar refractivity (Wildman–Crippen MR) is 52.4 cm³/mol. The van der Waals surface area contributed by atoms with Gasteiger partial charge in [-0.15, -0.1) is 0 Å². The van der Waals surface area contributed by atoms with E-state index in [0.29, 0.717) is 12.1 Å². The quantitative estimate of drug-likeness (QED) is 0.375. The van der Waals surface area contributed by atoms with Gasteiger partial charge in [0.2, 0.25) is 0 Å². The maximum absolute atomic E-state index is 10.8. The van der Waals surface area contributed by atoms with E-state index < -0.39 is 38.1 Å². The summed E-state index contributed by atoms with van der Waals surface area (Å²) in [6.07, 6.45) is 0. The third-order valence-corrected chi connectivity index (χ3v) is 2.53. The molecule has 1 aromatic carbocycles. The van der Waals surface area contributed by atoms with Gasteiger partial charge in [0.1, 0.15) is 0 Å². The van der Waals surface area contributed by atoms with Crippen LogP contribution in [0.3, 0.4) is 0 Å². The third kappa shape index (κ3) is 5.37. The Morgan fingerprint density at radius 1 is 0.944 bits per heavy atom. The summed E-state index contributed by atoms with van der Waals surface area (Å²) >= 11 is 0. The van der Waals surface area contributed by atoms with Crippen molar-refractivity contribution in [2.45, 2.75) is 4.90 Å². The molecule has 0 saturated heterocycles. The maximum Gasteiger partial charge on any atom is 1.00 e. The minimum Gasteiger partial charge on any atom is -1.00 e. The second-order valence-electron chi connectivity index (χ2n) is 2.83. The van der Waals surface area contributed by atoms with E-state index in [9.17, 15) is 18.0 Å². The van der Waals surface area contributed by atoms with Gasteiger partial charge in [0.15, 0.2) is 0 Å². The van der Waals surface area contributed by atoms with Crippen molar-refractivity contribution in [1.29, 1.82) is 0 Å². The van der Waals surface area contributed by atoms with E-state index in [0.717, 1.165) is 6.07 Å². The Labute approximate surface area is 149 Å². The normalized spacial score (nSPS) is 9.83. The Morgan fingerprint density at radius 2 is 1.28 bits per heavy atom. The third-order valence-electron chi connectivity index (χ3n) is 1.70. The van der Waals surface area contributed by atoms with Crippen LogP contribution in [0.5, 0.6) is 0 Å². The van der Waals surface area contributed by atoms with Crippen LogP contribution in [0.25, 0.3) is 0 Å². The average Bonchev–Trinajstić information content (AvgIpc) is 2.15. The van der Waals surface area contributed by atoms with Crippen molar-refractivity contribution < 1.29 is 94.7 Å². The van der Waals surface area contributed by atoms with E-state index in [2.05, 4.69) is 0 Å². The van der Waals surface area contributed by atoms with E-state index >= 15 is 0 Å². The van der Waals surface area contributed by atoms with E-state index in [1.807, 2.05) is 0 Å². The number of carbonyl (C=O) groups is 2. The molecule has 0 aliphatic carbocycles. The number of carboxylic acids is 2. The number of aromatic carboxylic acids is 2. The van der Waals surface area contributed by atoms with E-state index in [4.69, 9.17) is 14.8 Å². The van der Waals surface area contributed by atoms with Crippen molar-refractivity contribution in [2.75, 3.05) is 0 Å². The van der Waals surface area contributed by atoms with Gasteiger partial charge in [-0.1, -0.05) is 0 Å². The Kier molecular flexibility index (Phi) is 8.62. The molecule has 18 heavy (non-hydrogen) atoms. The second-order valence-corrected chi connectivity index (χ2v) is 4.25. The number of benzene rings is 1. The van der Waals surface area contributed by atoms with Crippen molar-refractivity contribution in [3.8, 4) is 0 Å². The first-order valence-corrected chi connectivity index (χ1v) is 5.25. The van der Waals surface area contributed by atoms with Gasteiger partial charge >= 0.3 is 71.1 Å². The molecule has 90 valence electrons. The van der Waals surface area contributed by atoms with Gasteiger partial charge in [-0.3, -0.25) is 4.55 Å². The second kappa shape index (κ2) is 7.61. The van der Waals surface area contributed by atoms with Crippen molar-refractivity contribution in [3.05, 3.63) is 29.3 Å². The molecule has 3 N–H and O–H groups in total. The van der Waals surface area contributed by atoms with Gasteiger partial charge in [-0.25, -0.2) is 9.59 Å². The SMILES string of the molecule is O=C(O)c1cc(C(=O)O)cc(S(=O)(=O)O)c1.[H-].[H-].[Na+].[Na+]. The molecule has 0 heterocycles. The summed E-state index contributed by atoms with van der Waals surface area (Å²) in [5, 5.41) is 17.2. The maximum atomic E-state index is 10.8. The summed E-state index contributed by atoms with van der Waals surface area (Å²) < 4.78 is 30.2. The van der Waals surface area contributed by atoms with E-state index in [1.165, 1.54) is 0 Å². The van der Waals surface area contributed by atoms with Crippen LogP contribution in [0.15, 0.2) is 23.1 Å². The fourth-order valence-corrected chi connectivity index (χ4v) is 1.55. The van der Waals surface area contributed by atoms with Crippen molar-refractivity contribution in [1.82, 2.24) is 0 Å². The molecule has 1 rings (SSSR count). The Balaban J connectivity index is -0.000000320. The monoisotopic (exact) mass is 294 g/mol. The Morgan fingerprint density at radius 3 is 1.50 bits per heavy atom. The Hall–Kier alpha value is 0.0700. The number of carboxylic acid groups (broad SMARTS) is 2. The van der Waals surface area contributed by atoms with Gasteiger partial charge in [0.05, 0.1) is 16.0 Å². The van der Waals surface area contributed by atoms with Gasteiger partial charge in [0, 0.05) is 0 Å². The molecule has 0 atom stereocenters. The molecular weight excluding hydrogens is 286 g/mol. The van der Waals surface area contributed by atoms with Crippen LogP contribution in [0.1, 0.15) is 23.6 Å². The number of rotatable bonds is 3. The van der Waals surface area contributed by atoms with Crippen molar-refractivity contribution in [2.24, 2.45) is 0 Å². The summed E-state index contributed by atoms with van der Waals surface area (Å²) in [5.74, 6) is -2.99. The fraction of sp³-hybridized carbons (Fsp3) is 0. The van der Waals surface area contributed by atoms with E-state index in [1.54, 1.807) is 0 Å². The molecule has 10 heteroatoms. The number of hydrogen-bond donors (Lipinski definition) is 3. The molecule has 0 bridgehead atoms. The molecular formula is C8H8Na2O7S. The molecule has 0 saturated carbocycles. The van der Waals surface area contributed by atoms with Crippen LogP contribution in [-0.4, -0.2) is 35.1 Å². The molecule has 0 fully saturated rings. The molecule has 0 aromatic heterocycles. The van der Waals surface area contributed by atoms with Crippen LogP contribution < -0.4 is 59.1 Å². The van der Waals surface area contributed by atoms with Gasteiger partial charge in [0.25, 0.3) is 10.1 Å². The zero-order valence-electron chi connectivity index (χ0n) is 11.6. The molecule has 0 spiro atoms. The minimum absolute atomic E-state index is 0. The van der Waals surface area contributed by atoms with Crippen LogP contribution in [0.4, 0.5) is 0 Å². The first kappa shape index (κ1) is 20.4. The zero-order valence-corrected chi connectivity index (χ0v) is 14.4. The van der Waals surface area contributed by atoms with Crippen molar-refractivity contribution in [3.63, 3.8) is 0 Å². The summed E-state index contributed by atoms with van der Waals surface area (Å²) in [5.41, 5.74) is -1.07. The number of hydrogen-bond acceptors (Lipinski definition) is 4. The van der Waals surface area contributed by atoms with Gasteiger partial charge in [-0.2, -0.15) is 8.42 Å². The topological polar surface area (TPSA) is 129 Å². The van der Waals surface area contributed by atoms with Crippen LogP contribution in [0, 0.1) is 0 Å². The van der Waals surface area contributed by atoms with Crippen LogP contribution in [-0.2, 0) is 10.1 Å². The largest absolute Gasteiger partial charge is 1.00 e. The fourth-order valence-electron chi connectivity index (χ4n) is 0.995. The molecule has 0 aliphatic rings. The van der Waals surface area contributed by atoms with E-state index in [-0.39, 0.29) is 62.0 Å². The molecule has 0 unspecified atom stereocenters. The summed E-state index contributed by atoms with van der Waals surface area (Å²) in [6.45, 7) is 0. The molecule has 0 amide bonds. The van der Waals surface area contributed by atoms with Crippen LogP contribution in [0.2, 0.25) is 0 Å². The van der Waals surface area contributed by atoms with Gasteiger partial charge in [-0.05, 0) is 18.2 Å². The first-order valence-electron chi connectivity index (χ1n) is 3.81. The minimum atomic E-state index is -4.64. The van der Waals surface area contributed by atoms with Gasteiger partial charge < -0.3 is 13.1 Å². The molecule has 0 radical (unpaired) electrons. The van der Waals surface area contributed by atoms with Crippen molar-refractivity contribution >= 4 is 22.1 Å². The summed E-state index contributed by atoms with van der Waals surface area (Å²) in [4.78, 5) is 20.4. The first-order chi connectivity index (χ1) is 7.21. The molecule has 1 aromatic rings. The standard InChI is InChI=1S/C8H6O7S.2Na.2H/c9-7(10)4-1-5(8(11)12)3-6(2-4)16(13,14)15;;;;/h1-3H,(H,9,10)(H,11,12)(H,13,14,15);;;;/q;2*+1;2*-1. The summed E-state index contributed by atoms with van der Waals surface area (Å²) in [7, 11) is -4.64. The zero-order chi connectivity index (χ0) is 12.5. The summed E-state index contributed by atoms with van der Waals surface area (Å²) in [6, 6.07) is 2.13. The molecule has 7 nitrogen and oxygen atoms in total. The Bertz CT molecular complexity index is 544. The smallest absolute Gasteiger partial charge is 1.00 e. The average molecular weight is 294 g/mol. The molecule has 0 aliphatic heterocycles.